The Morgan fingerprint density at radius 1 is 1.29 bits per heavy atom. The summed E-state index contributed by atoms with van der Waals surface area (Å²) in [5, 5.41) is 0. The van der Waals surface area contributed by atoms with Gasteiger partial charge in [-0.2, -0.15) is 0 Å². The van der Waals surface area contributed by atoms with Crippen molar-refractivity contribution in [1.29, 1.82) is 0 Å². The highest BCUT2D eigenvalue weighted by Crippen LogP contribution is 2.19. The average Bonchev–Trinajstić information content (AvgIpc) is 2.28. The molecule has 0 fully saturated rings. The van der Waals surface area contributed by atoms with Crippen LogP contribution in [0.2, 0.25) is 0 Å². The van der Waals surface area contributed by atoms with Crippen molar-refractivity contribution in [2.75, 3.05) is 0 Å². The zero-order chi connectivity index (χ0) is 12.8. The fourth-order valence-corrected chi connectivity index (χ4v) is 1.62. The molecule has 0 heterocycles. The summed E-state index contributed by atoms with van der Waals surface area (Å²) in [5.74, 6) is 2.68. The fourth-order valence-electron chi connectivity index (χ4n) is 1.62. The van der Waals surface area contributed by atoms with Crippen molar-refractivity contribution in [2.24, 2.45) is 0 Å². The van der Waals surface area contributed by atoms with E-state index in [2.05, 4.69) is 37.6 Å². The van der Waals surface area contributed by atoms with Gasteiger partial charge in [0.05, 0.1) is 0 Å². The Hall–Kier alpha value is -2.00. The van der Waals surface area contributed by atoms with Gasteiger partial charge in [-0.05, 0) is 49.6 Å². The summed E-state index contributed by atoms with van der Waals surface area (Å²) in [7, 11) is 0. The van der Waals surface area contributed by atoms with Gasteiger partial charge in [-0.1, -0.05) is 42.4 Å². The van der Waals surface area contributed by atoms with E-state index in [1.54, 1.807) is 0 Å². The number of aryl methyl sites for hydroxylation is 1. The van der Waals surface area contributed by atoms with Crippen LogP contribution in [0, 0.1) is 19.3 Å². The zero-order valence-corrected chi connectivity index (χ0v) is 10.7. The standard InChI is InChI=1S/C17H18/c1-6-15-10-14(5)11-17(12-15)16(7-2)9-8-13(3)4/h1,7-12H,3H2,2,4-5H3/b9-8-,16-7+. The van der Waals surface area contributed by atoms with Crippen molar-refractivity contribution >= 4 is 5.57 Å². The van der Waals surface area contributed by atoms with Crippen molar-refractivity contribution in [1.82, 2.24) is 0 Å². The lowest BCUT2D eigenvalue weighted by molar-refractivity contribution is 1.43. The summed E-state index contributed by atoms with van der Waals surface area (Å²) in [4.78, 5) is 0. The van der Waals surface area contributed by atoms with Crippen LogP contribution in [0.25, 0.3) is 5.57 Å². The highest BCUT2D eigenvalue weighted by molar-refractivity contribution is 5.75. The molecule has 0 aliphatic heterocycles. The lowest BCUT2D eigenvalue weighted by Gasteiger charge is -2.05. The van der Waals surface area contributed by atoms with E-state index in [1.807, 2.05) is 32.1 Å². The number of hydrogen-bond donors (Lipinski definition) is 0. The first-order chi connectivity index (χ1) is 8.06. The second-order valence-electron chi connectivity index (χ2n) is 4.16. The molecule has 0 unspecified atom stereocenters. The van der Waals surface area contributed by atoms with E-state index >= 15 is 0 Å². The topological polar surface area (TPSA) is 0 Å². The number of rotatable bonds is 3. The van der Waals surface area contributed by atoms with E-state index in [-0.39, 0.29) is 0 Å². The molecule has 0 bridgehead atoms. The van der Waals surface area contributed by atoms with Gasteiger partial charge >= 0.3 is 0 Å². The van der Waals surface area contributed by atoms with Gasteiger partial charge in [-0.25, -0.2) is 0 Å². The maximum Gasteiger partial charge on any atom is 0.0251 e. The van der Waals surface area contributed by atoms with Gasteiger partial charge in [0, 0.05) is 5.56 Å². The first-order valence-corrected chi connectivity index (χ1v) is 5.65. The lowest BCUT2D eigenvalue weighted by Crippen LogP contribution is -1.86. The van der Waals surface area contributed by atoms with Gasteiger partial charge in [0.2, 0.25) is 0 Å². The minimum Gasteiger partial charge on any atom is -0.115 e. The Morgan fingerprint density at radius 3 is 2.53 bits per heavy atom. The molecule has 0 aliphatic carbocycles. The van der Waals surface area contributed by atoms with Gasteiger partial charge in [0.1, 0.15) is 0 Å². The van der Waals surface area contributed by atoms with Crippen LogP contribution in [0.1, 0.15) is 30.5 Å². The molecule has 0 saturated carbocycles. The molecule has 0 radical (unpaired) electrons. The minimum absolute atomic E-state index is 0.920. The van der Waals surface area contributed by atoms with Crippen LogP contribution in [-0.4, -0.2) is 0 Å². The Bertz CT molecular complexity index is 519. The van der Waals surface area contributed by atoms with Gasteiger partial charge in [-0.15, -0.1) is 6.42 Å². The first kappa shape index (κ1) is 13.1. The summed E-state index contributed by atoms with van der Waals surface area (Å²) in [6.45, 7) is 9.92. The summed E-state index contributed by atoms with van der Waals surface area (Å²) >= 11 is 0. The van der Waals surface area contributed by atoms with Crippen molar-refractivity contribution < 1.29 is 0 Å². The van der Waals surface area contributed by atoms with E-state index < -0.39 is 0 Å². The minimum atomic E-state index is 0.920. The number of hydrogen-bond acceptors (Lipinski definition) is 0. The first-order valence-electron chi connectivity index (χ1n) is 5.65. The van der Waals surface area contributed by atoms with Crippen molar-refractivity contribution in [2.45, 2.75) is 20.8 Å². The second-order valence-corrected chi connectivity index (χ2v) is 4.16. The van der Waals surface area contributed by atoms with Crippen LogP contribution < -0.4 is 0 Å². The summed E-state index contributed by atoms with van der Waals surface area (Å²) in [6.07, 6.45) is 11.6. The molecule has 0 spiro atoms. The molecular weight excluding hydrogens is 204 g/mol. The predicted molar refractivity (Wildman–Crippen MR) is 76.7 cm³/mol. The highest BCUT2D eigenvalue weighted by atomic mass is 14.0. The SMILES string of the molecule is C#Cc1cc(C)cc(C(/C=C\C(=C)C)=C/C)c1. The second kappa shape index (κ2) is 5.92. The van der Waals surface area contributed by atoms with Crippen LogP contribution in [-0.2, 0) is 0 Å². The molecule has 0 atom stereocenters. The van der Waals surface area contributed by atoms with Crippen LogP contribution in [0.5, 0.6) is 0 Å². The molecule has 0 nitrogen and oxygen atoms in total. The fraction of sp³-hybridized carbons (Fsp3) is 0.176. The largest absolute Gasteiger partial charge is 0.115 e. The van der Waals surface area contributed by atoms with E-state index in [0.29, 0.717) is 0 Å². The predicted octanol–water partition coefficient (Wildman–Crippen LogP) is 4.51. The Balaban J connectivity index is 3.18. The summed E-state index contributed by atoms with van der Waals surface area (Å²) in [6, 6.07) is 6.18. The highest BCUT2D eigenvalue weighted by Gasteiger charge is 2.00. The van der Waals surface area contributed by atoms with E-state index in [9.17, 15) is 0 Å². The molecule has 1 aromatic rings. The molecule has 0 N–H and O–H groups in total. The van der Waals surface area contributed by atoms with Crippen LogP contribution in [0.15, 0.2) is 48.6 Å². The van der Waals surface area contributed by atoms with Crippen LogP contribution in [0.4, 0.5) is 0 Å². The summed E-state index contributed by atoms with van der Waals surface area (Å²) in [5.41, 5.74) is 5.45. The zero-order valence-electron chi connectivity index (χ0n) is 10.7. The van der Waals surface area contributed by atoms with Crippen LogP contribution >= 0.6 is 0 Å². The lowest BCUT2D eigenvalue weighted by atomic mass is 9.99. The third-order valence-corrected chi connectivity index (χ3v) is 2.44. The quantitative estimate of drug-likeness (QED) is 0.521. The third kappa shape index (κ3) is 3.81. The Morgan fingerprint density at radius 2 is 2.00 bits per heavy atom. The molecule has 1 aromatic carbocycles. The average molecular weight is 222 g/mol. The van der Waals surface area contributed by atoms with E-state index in [0.717, 1.165) is 22.3 Å². The molecule has 0 heteroatoms. The summed E-state index contributed by atoms with van der Waals surface area (Å²) < 4.78 is 0. The molecule has 1 rings (SSSR count). The van der Waals surface area contributed by atoms with Crippen LogP contribution in [0.3, 0.4) is 0 Å². The third-order valence-electron chi connectivity index (χ3n) is 2.44. The molecule has 17 heavy (non-hydrogen) atoms. The van der Waals surface area contributed by atoms with Crippen molar-refractivity contribution in [3.8, 4) is 12.3 Å². The molecule has 0 aromatic heterocycles. The van der Waals surface area contributed by atoms with Crippen molar-refractivity contribution in [3.05, 3.63) is 65.3 Å². The number of benzene rings is 1. The normalized spacial score (nSPS) is 11.5. The van der Waals surface area contributed by atoms with Gasteiger partial charge in [0.15, 0.2) is 0 Å². The van der Waals surface area contributed by atoms with E-state index in [1.165, 1.54) is 5.56 Å². The molecule has 86 valence electrons. The monoisotopic (exact) mass is 222 g/mol. The number of allylic oxidation sites excluding steroid dienone is 5. The van der Waals surface area contributed by atoms with Gasteiger partial charge < -0.3 is 0 Å². The molecule has 0 amide bonds. The Kier molecular flexibility index (Phi) is 4.55. The smallest absolute Gasteiger partial charge is 0.0251 e. The van der Waals surface area contributed by atoms with Gasteiger partial charge in [0.25, 0.3) is 0 Å². The molecule has 0 aliphatic rings. The van der Waals surface area contributed by atoms with E-state index in [4.69, 9.17) is 6.42 Å². The maximum atomic E-state index is 5.45. The Labute approximate surface area is 104 Å². The number of terminal acetylenes is 1. The molecule has 0 saturated heterocycles. The molecular formula is C17H18. The van der Waals surface area contributed by atoms with Gasteiger partial charge in [-0.3, -0.25) is 0 Å². The maximum absolute atomic E-state index is 5.45. The van der Waals surface area contributed by atoms with Crippen molar-refractivity contribution in [3.63, 3.8) is 0 Å².